The Balaban J connectivity index is 1.62. The van der Waals surface area contributed by atoms with E-state index in [1.165, 1.54) is 44.1 Å². The highest BCUT2D eigenvalue weighted by molar-refractivity contribution is 5.91. The number of hydrogen-bond donors (Lipinski definition) is 0. The lowest BCUT2D eigenvalue weighted by molar-refractivity contribution is -0.116. The number of allylic oxidation sites excluding steroid dienone is 2. The number of rotatable bonds is 1. The zero-order valence-electron chi connectivity index (χ0n) is 13.3. The summed E-state index contributed by atoms with van der Waals surface area (Å²) < 4.78 is 0. The summed E-state index contributed by atoms with van der Waals surface area (Å²) in [6, 6.07) is 0. The van der Waals surface area contributed by atoms with Gasteiger partial charge in [0.2, 0.25) is 0 Å². The van der Waals surface area contributed by atoms with Crippen molar-refractivity contribution in [1.82, 2.24) is 0 Å². The SMILES string of the molecule is C=C[C@H]1CCC2C3CCC4=CC(=O)CCC4C3CC[C@@]21C. The molecule has 4 aliphatic carbocycles. The third-order valence-corrected chi connectivity index (χ3v) is 7.66. The van der Waals surface area contributed by atoms with E-state index in [4.69, 9.17) is 0 Å². The smallest absolute Gasteiger partial charge is 0.155 e. The Hall–Kier alpha value is -0.850. The highest BCUT2D eigenvalue weighted by atomic mass is 16.1. The van der Waals surface area contributed by atoms with E-state index in [0.717, 1.165) is 42.4 Å². The fourth-order valence-electron chi connectivity index (χ4n) is 6.61. The molecule has 1 heteroatoms. The number of carbonyl (C=O) groups is 1. The zero-order valence-corrected chi connectivity index (χ0v) is 13.3. The van der Waals surface area contributed by atoms with E-state index in [1.807, 2.05) is 6.08 Å². The van der Waals surface area contributed by atoms with Crippen LogP contribution in [0.3, 0.4) is 0 Å². The van der Waals surface area contributed by atoms with Crippen LogP contribution in [-0.4, -0.2) is 5.78 Å². The van der Waals surface area contributed by atoms with Crippen LogP contribution in [0.4, 0.5) is 0 Å². The van der Waals surface area contributed by atoms with E-state index in [-0.39, 0.29) is 0 Å². The maximum absolute atomic E-state index is 11.7. The molecule has 114 valence electrons. The average Bonchev–Trinajstić information content (AvgIpc) is 2.83. The molecule has 1 nitrogen and oxygen atoms in total. The lowest BCUT2D eigenvalue weighted by Crippen LogP contribution is -2.46. The highest BCUT2D eigenvalue weighted by Crippen LogP contribution is 2.63. The van der Waals surface area contributed by atoms with Crippen molar-refractivity contribution in [2.75, 3.05) is 0 Å². The number of carbonyl (C=O) groups excluding carboxylic acids is 1. The minimum atomic E-state index is 0.382. The highest BCUT2D eigenvalue weighted by Gasteiger charge is 2.55. The summed E-state index contributed by atoms with van der Waals surface area (Å²) in [6.07, 6.45) is 14.3. The average molecular weight is 284 g/mol. The Morgan fingerprint density at radius 3 is 2.81 bits per heavy atom. The fraction of sp³-hybridized carbons (Fsp3) is 0.750. The van der Waals surface area contributed by atoms with Gasteiger partial charge in [0.05, 0.1) is 0 Å². The van der Waals surface area contributed by atoms with E-state index >= 15 is 0 Å². The van der Waals surface area contributed by atoms with Crippen LogP contribution < -0.4 is 0 Å². The van der Waals surface area contributed by atoms with Gasteiger partial charge in [0.25, 0.3) is 0 Å². The van der Waals surface area contributed by atoms with Crippen molar-refractivity contribution in [3.05, 3.63) is 24.3 Å². The first-order valence-corrected chi connectivity index (χ1v) is 8.99. The van der Waals surface area contributed by atoms with Gasteiger partial charge in [-0.25, -0.2) is 0 Å². The predicted octanol–water partition coefficient (Wildman–Crippen LogP) is 4.93. The van der Waals surface area contributed by atoms with Gasteiger partial charge in [-0.05, 0) is 86.0 Å². The van der Waals surface area contributed by atoms with Gasteiger partial charge in [0.15, 0.2) is 5.78 Å². The molecule has 0 N–H and O–H groups in total. The topological polar surface area (TPSA) is 17.1 Å². The second-order valence-electron chi connectivity index (χ2n) is 8.27. The molecule has 0 aliphatic heterocycles. The lowest BCUT2D eigenvalue weighted by Gasteiger charge is -2.53. The number of hydrogen-bond acceptors (Lipinski definition) is 1. The molecule has 0 spiro atoms. The largest absolute Gasteiger partial charge is 0.295 e. The molecule has 4 aliphatic rings. The quantitative estimate of drug-likeness (QED) is 0.624. The van der Waals surface area contributed by atoms with Gasteiger partial charge in [-0.1, -0.05) is 18.6 Å². The molecule has 0 radical (unpaired) electrons. The molecular weight excluding hydrogens is 256 g/mol. The molecule has 3 saturated carbocycles. The second-order valence-corrected chi connectivity index (χ2v) is 8.27. The summed E-state index contributed by atoms with van der Waals surface area (Å²) in [5.74, 6) is 4.58. The van der Waals surface area contributed by atoms with E-state index in [1.54, 1.807) is 0 Å². The Morgan fingerprint density at radius 2 is 2.00 bits per heavy atom. The molecule has 0 heterocycles. The van der Waals surface area contributed by atoms with E-state index in [2.05, 4.69) is 19.6 Å². The molecule has 21 heavy (non-hydrogen) atoms. The molecule has 4 rings (SSSR count). The van der Waals surface area contributed by atoms with Gasteiger partial charge in [-0.2, -0.15) is 0 Å². The maximum atomic E-state index is 11.7. The minimum absolute atomic E-state index is 0.382. The van der Waals surface area contributed by atoms with Crippen molar-refractivity contribution in [2.24, 2.45) is 35.0 Å². The first kappa shape index (κ1) is 13.8. The van der Waals surface area contributed by atoms with Gasteiger partial charge < -0.3 is 0 Å². The minimum Gasteiger partial charge on any atom is -0.295 e. The van der Waals surface area contributed by atoms with Crippen LogP contribution in [0.15, 0.2) is 24.3 Å². The van der Waals surface area contributed by atoms with Gasteiger partial charge in [0, 0.05) is 6.42 Å². The normalized spacial score (nSPS) is 48.9. The second kappa shape index (κ2) is 4.83. The van der Waals surface area contributed by atoms with Gasteiger partial charge in [-0.3, -0.25) is 4.79 Å². The molecule has 3 fully saturated rings. The summed E-state index contributed by atoms with van der Waals surface area (Å²) >= 11 is 0. The molecule has 0 bridgehead atoms. The van der Waals surface area contributed by atoms with Crippen molar-refractivity contribution in [1.29, 1.82) is 0 Å². The van der Waals surface area contributed by atoms with Crippen LogP contribution in [-0.2, 0) is 4.79 Å². The monoisotopic (exact) mass is 284 g/mol. The van der Waals surface area contributed by atoms with Gasteiger partial charge >= 0.3 is 0 Å². The summed E-state index contributed by atoms with van der Waals surface area (Å²) in [5.41, 5.74) is 2.03. The van der Waals surface area contributed by atoms with Crippen molar-refractivity contribution in [2.45, 2.75) is 58.3 Å². The molecular formula is C20H28O. The maximum Gasteiger partial charge on any atom is 0.155 e. The Labute approximate surface area is 128 Å². The summed E-state index contributed by atoms with van der Waals surface area (Å²) in [4.78, 5) is 11.7. The summed E-state index contributed by atoms with van der Waals surface area (Å²) in [5, 5.41) is 0. The van der Waals surface area contributed by atoms with Crippen LogP contribution in [0.1, 0.15) is 58.3 Å². The zero-order chi connectivity index (χ0) is 14.6. The summed E-state index contributed by atoms with van der Waals surface area (Å²) in [6.45, 7) is 6.65. The number of fused-ring (bicyclic) bond motifs is 5. The van der Waals surface area contributed by atoms with Crippen LogP contribution in [0.2, 0.25) is 0 Å². The summed E-state index contributed by atoms with van der Waals surface area (Å²) in [7, 11) is 0. The van der Waals surface area contributed by atoms with E-state index in [0.29, 0.717) is 11.2 Å². The van der Waals surface area contributed by atoms with Crippen LogP contribution in [0, 0.1) is 35.0 Å². The Bertz CT molecular complexity index is 502. The molecule has 0 aromatic rings. The van der Waals surface area contributed by atoms with Crippen LogP contribution in [0.5, 0.6) is 0 Å². The van der Waals surface area contributed by atoms with Gasteiger partial charge in [0.1, 0.15) is 0 Å². The molecule has 6 atom stereocenters. The van der Waals surface area contributed by atoms with Gasteiger partial charge in [-0.15, -0.1) is 6.58 Å². The first-order valence-electron chi connectivity index (χ1n) is 8.99. The lowest BCUT2D eigenvalue weighted by atomic mass is 9.51. The predicted molar refractivity (Wildman–Crippen MR) is 85.8 cm³/mol. The van der Waals surface area contributed by atoms with E-state index in [9.17, 15) is 4.79 Å². The Kier molecular flexibility index (Phi) is 3.17. The van der Waals surface area contributed by atoms with Crippen molar-refractivity contribution < 1.29 is 4.79 Å². The standard InChI is InChI=1S/C20H28O/c1-3-14-5-9-19-18-7-4-13-12-15(21)6-8-16(13)17(18)10-11-20(14,19)2/h3,12,14,16-19H,1,4-11H2,2H3/t14-,16?,17?,18?,19?,20+/m0/s1. The molecule has 0 amide bonds. The fourth-order valence-corrected chi connectivity index (χ4v) is 6.61. The molecule has 0 aromatic carbocycles. The van der Waals surface area contributed by atoms with Crippen molar-refractivity contribution in [3.63, 3.8) is 0 Å². The van der Waals surface area contributed by atoms with E-state index < -0.39 is 0 Å². The third kappa shape index (κ3) is 1.92. The first-order chi connectivity index (χ1) is 10.1. The molecule has 0 saturated heterocycles. The van der Waals surface area contributed by atoms with Crippen molar-refractivity contribution in [3.8, 4) is 0 Å². The molecule has 0 aromatic heterocycles. The molecule has 4 unspecified atom stereocenters. The number of ketones is 1. The van der Waals surface area contributed by atoms with Crippen molar-refractivity contribution >= 4 is 5.78 Å². The Morgan fingerprint density at radius 1 is 1.14 bits per heavy atom. The van der Waals surface area contributed by atoms with Crippen LogP contribution in [0.25, 0.3) is 0 Å². The third-order valence-electron chi connectivity index (χ3n) is 7.66. The van der Waals surface area contributed by atoms with Crippen LogP contribution >= 0.6 is 0 Å².